The Bertz CT molecular complexity index is 385. The van der Waals surface area contributed by atoms with Crippen LogP contribution >= 0.6 is 11.6 Å². The molecule has 1 aromatic carbocycles. The number of aliphatic hydroxyl groups excluding tert-OH is 1. The quantitative estimate of drug-likeness (QED) is 0.789. The van der Waals surface area contributed by atoms with E-state index in [4.69, 9.17) is 21.4 Å². The van der Waals surface area contributed by atoms with Gasteiger partial charge in [0.05, 0.1) is 30.4 Å². The van der Waals surface area contributed by atoms with Crippen LogP contribution in [0.15, 0.2) is 18.2 Å². The summed E-state index contributed by atoms with van der Waals surface area (Å²) in [7, 11) is 0. The molecule has 1 rings (SSSR count). The summed E-state index contributed by atoms with van der Waals surface area (Å²) in [4.78, 5) is 0. The lowest BCUT2D eigenvalue weighted by Crippen LogP contribution is -2.12. The molecule has 3 nitrogen and oxygen atoms in total. The fourth-order valence-corrected chi connectivity index (χ4v) is 1.51. The summed E-state index contributed by atoms with van der Waals surface area (Å²) in [6.07, 6.45) is -4.47. The molecule has 0 spiro atoms. The average Bonchev–Trinajstić information content (AvgIpc) is 2.29. The Morgan fingerprint density at radius 2 is 2.00 bits per heavy atom. The maximum Gasteiger partial charge on any atom is 0.417 e. The van der Waals surface area contributed by atoms with E-state index in [9.17, 15) is 13.2 Å². The number of aliphatic hydroxyl groups is 1. The number of hydrogen-bond acceptors (Lipinski definition) is 3. The molecule has 1 aromatic rings. The number of benzene rings is 1. The monoisotopic (exact) mass is 283 g/mol. The van der Waals surface area contributed by atoms with Crippen LogP contribution in [0.3, 0.4) is 0 Å². The average molecular weight is 284 g/mol. The maximum absolute atomic E-state index is 12.6. The number of hydrogen-bond donors (Lipinski definition) is 2. The molecule has 0 aliphatic heterocycles. The fraction of sp³-hybridized carbons (Fsp3) is 0.455. The highest BCUT2D eigenvalue weighted by molar-refractivity contribution is 6.31. The zero-order valence-corrected chi connectivity index (χ0v) is 10.2. The molecule has 102 valence electrons. The highest BCUT2D eigenvalue weighted by atomic mass is 35.5. The van der Waals surface area contributed by atoms with Crippen LogP contribution < -0.4 is 5.32 Å². The van der Waals surface area contributed by atoms with Gasteiger partial charge in [0.25, 0.3) is 0 Å². The van der Waals surface area contributed by atoms with Gasteiger partial charge >= 0.3 is 6.18 Å². The van der Waals surface area contributed by atoms with E-state index in [-0.39, 0.29) is 18.2 Å². The zero-order chi connectivity index (χ0) is 13.6. The molecular formula is C11H13ClF3NO2. The third kappa shape index (κ3) is 4.72. The molecule has 7 heteroatoms. The van der Waals surface area contributed by atoms with Crippen LogP contribution in [-0.4, -0.2) is 31.5 Å². The van der Waals surface area contributed by atoms with E-state index in [0.717, 1.165) is 6.07 Å². The molecule has 0 atom stereocenters. The van der Waals surface area contributed by atoms with Gasteiger partial charge in [0, 0.05) is 12.2 Å². The molecule has 0 amide bonds. The van der Waals surface area contributed by atoms with Crippen LogP contribution in [0.1, 0.15) is 5.56 Å². The van der Waals surface area contributed by atoms with Crippen molar-refractivity contribution in [2.24, 2.45) is 0 Å². The third-order valence-electron chi connectivity index (χ3n) is 2.08. The molecular weight excluding hydrogens is 271 g/mol. The van der Waals surface area contributed by atoms with Crippen molar-refractivity contribution in [1.29, 1.82) is 0 Å². The number of ether oxygens (including phenoxy) is 1. The van der Waals surface area contributed by atoms with Crippen LogP contribution in [0.25, 0.3) is 0 Å². The highest BCUT2D eigenvalue weighted by Crippen LogP contribution is 2.36. The van der Waals surface area contributed by atoms with Crippen molar-refractivity contribution in [2.75, 3.05) is 31.7 Å². The van der Waals surface area contributed by atoms with Crippen molar-refractivity contribution >= 4 is 17.3 Å². The van der Waals surface area contributed by atoms with Crippen molar-refractivity contribution < 1.29 is 23.0 Å². The summed E-state index contributed by atoms with van der Waals surface area (Å²) in [6, 6.07) is 3.61. The smallest absolute Gasteiger partial charge is 0.394 e. The van der Waals surface area contributed by atoms with E-state index in [2.05, 4.69) is 5.32 Å². The van der Waals surface area contributed by atoms with Gasteiger partial charge < -0.3 is 15.2 Å². The van der Waals surface area contributed by atoms with Crippen LogP contribution in [0, 0.1) is 0 Å². The second-order valence-electron chi connectivity index (χ2n) is 3.46. The maximum atomic E-state index is 12.6. The lowest BCUT2D eigenvalue weighted by atomic mass is 10.2. The summed E-state index contributed by atoms with van der Waals surface area (Å²) in [5.74, 6) is 0. The SMILES string of the molecule is OCCOCCNc1ccc(Cl)c(C(F)(F)F)c1. The Morgan fingerprint density at radius 3 is 2.61 bits per heavy atom. The summed E-state index contributed by atoms with van der Waals surface area (Å²) in [6.45, 7) is 0.763. The largest absolute Gasteiger partial charge is 0.417 e. The molecule has 0 aromatic heterocycles. The van der Waals surface area contributed by atoms with Crippen molar-refractivity contribution in [3.8, 4) is 0 Å². The minimum absolute atomic E-state index is 0.0842. The molecule has 0 saturated heterocycles. The first-order valence-corrected chi connectivity index (χ1v) is 5.62. The minimum Gasteiger partial charge on any atom is -0.394 e. The normalized spacial score (nSPS) is 11.6. The molecule has 0 fully saturated rings. The number of halogens is 4. The Balaban J connectivity index is 2.57. The number of nitrogens with one attached hydrogen (secondary N) is 1. The van der Waals surface area contributed by atoms with Gasteiger partial charge in [0.2, 0.25) is 0 Å². The van der Waals surface area contributed by atoms with Gasteiger partial charge in [0.15, 0.2) is 0 Å². The first kappa shape index (κ1) is 15.1. The first-order valence-electron chi connectivity index (χ1n) is 5.24. The summed E-state index contributed by atoms with van der Waals surface area (Å²) in [5, 5.41) is 10.9. The van der Waals surface area contributed by atoms with E-state index >= 15 is 0 Å². The van der Waals surface area contributed by atoms with Gasteiger partial charge in [-0.25, -0.2) is 0 Å². The number of anilines is 1. The first-order chi connectivity index (χ1) is 8.45. The van der Waals surface area contributed by atoms with Gasteiger partial charge in [-0.2, -0.15) is 13.2 Å². The van der Waals surface area contributed by atoms with Crippen molar-refractivity contribution in [1.82, 2.24) is 0 Å². The molecule has 0 unspecified atom stereocenters. The molecule has 18 heavy (non-hydrogen) atoms. The van der Waals surface area contributed by atoms with Crippen molar-refractivity contribution in [2.45, 2.75) is 6.18 Å². The Labute approximate surface area is 108 Å². The predicted octanol–water partition coefficient (Wildman–Crippen LogP) is 2.78. The van der Waals surface area contributed by atoms with E-state index in [1.54, 1.807) is 0 Å². The Kier molecular flexibility index (Phi) is 5.71. The van der Waals surface area contributed by atoms with Crippen molar-refractivity contribution in [3.63, 3.8) is 0 Å². The van der Waals surface area contributed by atoms with E-state index in [1.807, 2.05) is 0 Å². The Morgan fingerprint density at radius 1 is 1.28 bits per heavy atom. The Hall–Kier alpha value is -0.980. The number of rotatable bonds is 6. The molecule has 2 N–H and O–H groups in total. The summed E-state index contributed by atoms with van der Waals surface area (Å²) in [5.41, 5.74) is -0.551. The van der Waals surface area contributed by atoms with Crippen LogP contribution in [0.2, 0.25) is 5.02 Å². The summed E-state index contributed by atoms with van der Waals surface area (Å²) >= 11 is 5.48. The fourth-order valence-electron chi connectivity index (χ4n) is 1.29. The zero-order valence-electron chi connectivity index (χ0n) is 9.43. The molecule has 0 radical (unpaired) electrons. The van der Waals surface area contributed by atoms with E-state index in [0.29, 0.717) is 18.8 Å². The van der Waals surface area contributed by atoms with Crippen LogP contribution in [-0.2, 0) is 10.9 Å². The van der Waals surface area contributed by atoms with Gasteiger partial charge in [0.1, 0.15) is 0 Å². The second-order valence-corrected chi connectivity index (χ2v) is 3.86. The van der Waals surface area contributed by atoms with Crippen molar-refractivity contribution in [3.05, 3.63) is 28.8 Å². The third-order valence-corrected chi connectivity index (χ3v) is 2.41. The predicted molar refractivity (Wildman–Crippen MR) is 62.8 cm³/mol. The number of alkyl halides is 3. The minimum atomic E-state index is -4.47. The van der Waals surface area contributed by atoms with Gasteiger partial charge in [-0.3, -0.25) is 0 Å². The molecule has 0 saturated carbocycles. The lowest BCUT2D eigenvalue weighted by Gasteiger charge is -2.12. The van der Waals surface area contributed by atoms with Gasteiger partial charge in [-0.15, -0.1) is 0 Å². The molecule has 0 heterocycles. The topological polar surface area (TPSA) is 41.5 Å². The lowest BCUT2D eigenvalue weighted by molar-refractivity contribution is -0.137. The molecule has 0 aliphatic carbocycles. The van der Waals surface area contributed by atoms with Crippen LogP contribution in [0.5, 0.6) is 0 Å². The van der Waals surface area contributed by atoms with Gasteiger partial charge in [-0.05, 0) is 18.2 Å². The molecule has 0 bridgehead atoms. The van der Waals surface area contributed by atoms with Crippen LogP contribution in [0.4, 0.5) is 18.9 Å². The van der Waals surface area contributed by atoms with E-state index in [1.165, 1.54) is 12.1 Å². The van der Waals surface area contributed by atoms with Gasteiger partial charge in [-0.1, -0.05) is 11.6 Å². The van der Waals surface area contributed by atoms with E-state index < -0.39 is 11.7 Å². The second kappa shape index (κ2) is 6.82. The highest BCUT2D eigenvalue weighted by Gasteiger charge is 2.33. The standard InChI is InChI=1S/C11H13ClF3NO2/c12-10-2-1-8(7-9(10)11(13,14)15)16-3-5-18-6-4-17/h1-2,7,16-17H,3-6H2. The molecule has 0 aliphatic rings. The summed E-state index contributed by atoms with van der Waals surface area (Å²) < 4.78 is 42.6.